The van der Waals surface area contributed by atoms with E-state index in [1.54, 1.807) is 0 Å². The molecule has 0 aliphatic heterocycles. The SMILES string of the molecule is Cc1ccccc1C(N=N)=NN. The Labute approximate surface area is 70.6 Å². The highest BCUT2D eigenvalue weighted by Gasteiger charge is 2.03. The molecule has 0 aliphatic carbocycles. The van der Waals surface area contributed by atoms with Crippen molar-refractivity contribution in [2.75, 3.05) is 0 Å². The lowest BCUT2D eigenvalue weighted by molar-refractivity contribution is 1.13. The number of nitrogens with zero attached hydrogens (tertiary/aromatic N) is 2. The van der Waals surface area contributed by atoms with E-state index in [2.05, 4.69) is 10.2 Å². The Bertz CT molecular complexity index is 317. The van der Waals surface area contributed by atoms with Crippen LogP contribution >= 0.6 is 0 Å². The normalized spacial score (nSPS) is 11.2. The standard InChI is InChI=1S/C8H10N4/c1-6-4-2-3-5-7(6)8(11-9)12-10/h2-5,9H,10H2,1H3. The topological polar surface area (TPSA) is 74.6 Å². The van der Waals surface area contributed by atoms with Crippen LogP contribution in [-0.2, 0) is 0 Å². The highest BCUT2D eigenvalue weighted by atomic mass is 15.2. The summed E-state index contributed by atoms with van der Waals surface area (Å²) in [4.78, 5) is 0. The minimum Gasteiger partial charge on any atom is -0.321 e. The second-order valence-corrected chi connectivity index (χ2v) is 2.38. The minimum absolute atomic E-state index is 0.258. The van der Waals surface area contributed by atoms with Crippen molar-refractivity contribution in [3.05, 3.63) is 35.4 Å². The molecule has 4 nitrogen and oxygen atoms in total. The summed E-state index contributed by atoms with van der Waals surface area (Å²) in [7, 11) is 0. The molecular formula is C8H10N4. The molecule has 0 saturated carbocycles. The van der Waals surface area contributed by atoms with E-state index in [9.17, 15) is 0 Å². The van der Waals surface area contributed by atoms with Crippen LogP contribution in [0.5, 0.6) is 0 Å². The zero-order valence-corrected chi connectivity index (χ0v) is 6.78. The number of aryl methyl sites for hydroxylation is 1. The van der Waals surface area contributed by atoms with Crippen molar-refractivity contribution in [1.82, 2.24) is 0 Å². The first-order valence-corrected chi connectivity index (χ1v) is 3.51. The Hall–Kier alpha value is -1.71. The van der Waals surface area contributed by atoms with Gasteiger partial charge in [0.1, 0.15) is 0 Å². The lowest BCUT2D eigenvalue weighted by atomic mass is 10.1. The maximum Gasteiger partial charge on any atom is 0.200 e. The van der Waals surface area contributed by atoms with E-state index < -0.39 is 0 Å². The third-order valence-electron chi connectivity index (χ3n) is 1.61. The van der Waals surface area contributed by atoms with Gasteiger partial charge in [0.15, 0.2) is 5.84 Å². The largest absolute Gasteiger partial charge is 0.321 e. The number of benzene rings is 1. The van der Waals surface area contributed by atoms with Gasteiger partial charge in [-0.2, -0.15) is 5.10 Å². The van der Waals surface area contributed by atoms with E-state index >= 15 is 0 Å². The molecule has 3 N–H and O–H groups in total. The van der Waals surface area contributed by atoms with Crippen molar-refractivity contribution >= 4 is 5.84 Å². The van der Waals surface area contributed by atoms with Gasteiger partial charge < -0.3 is 5.84 Å². The van der Waals surface area contributed by atoms with E-state index in [1.807, 2.05) is 31.2 Å². The van der Waals surface area contributed by atoms with Crippen molar-refractivity contribution in [2.24, 2.45) is 16.1 Å². The molecule has 1 aromatic carbocycles. The van der Waals surface area contributed by atoms with Crippen LogP contribution in [0.1, 0.15) is 11.1 Å². The maximum atomic E-state index is 6.81. The van der Waals surface area contributed by atoms with E-state index in [-0.39, 0.29) is 5.84 Å². The Kier molecular flexibility index (Phi) is 2.53. The molecule has 0 heterocycles. The second-order valence-electron chi connectivity index (χ2n) is 2.38. The average Bonchev–Trinajstić information content (AvgIpc) is 2.10. The third kappa shape index (κ3) is 1.47. The van der Waals surface area contributed by atoms with Crippen LogP contribution in [0.2, 0.25) is 0 Å². The first kappa shape index (κ1) is 8.39. The van der Waals surface area contributed by atoms with Gasteiger partial charge in [-0.15, -0.1) is 5.11 Å². The van der Waals surface area contributed by atoms with Gasteiger partial charge in [-0.05, 0) is 12.5 Å². The van der Waals surface area contributed by atoms with Gasteiger partial charge in [-0.25, -0.2) is 5.53 Å². The molecule has 0 fully saturated rings. The molecule has 4 heteroatoms. The Morgan fingerprint density at radius 1 is 1.42 bits per heavy atom. The second kappa shape index (κ2) is 3.61. The van der Waals surface area contributed by atoms with Crippen LogP contribution in [-0.4, -0.2) is 5.84 Å². The predicted octanol–water partition coefficient (Wildman–Crippen LogP) is 1.65. The fourth-order valence-corrected chi connectivity index (χ4v) is 0.982. The Morgan fingerprint density at radius 3 is 2.58 bits per heavy atom. The summed E-state index contributed by atoms with van der Waals surface area (Å²) in [5.74, 6) is 5.32. The Balaban J connectivity index is 3.18. The molecule has 1 rings (SSSR count). The molecule has 0 radical (unpaired) electrons. The zero-order chi connectivity index (χ0) is 8.97. The fourth-order valence-electron chi connectivity index (χ4n) is 0.982. The molecule has 0 unspecified atom stereocenters. The zero-order valence-electron chi connectivity index (χ0n) is 6.78. The van der Waals surface area contributed by atoms with Crippen LogP contribution < -0.4 is 5.84 Å². The highest BCUT2D eigenvalue weighted by Crippen LogP contribution is 2.08. The van der Waals surface area contributed by atoms with Crippen molar-refractivity contribution in [2.45, 2.75) is 6.92 Å². The monoisotopic (exact) mass is 162 g/mol. The number of hydrogen-bond donors (Lipinski definition) is 2. The van der Waals surface area contributed by atoms with E-state index in [4.69, 9.17) is 11.4 Å². The first-order valence-electron chi connectivity index (χ1n) is 3.51. The summed E-state index contributed by atoms with van der Waals surface area (Å²) in [5, 5.41) is 6.61. The van der Waals surface area contributed by atoms with Crippen molar-refractivity contribution < 1.29 is 0 Å². The molecule has 0 spiro atoms. The number of nitrogens with one attached hydrogen (secondary N) is 1. The summed E-state index contributed by atoms with van der Waals surface area (Å²) in [5.41, 5.74) is 8.62. The van der Waals surface area contributed by atoms with Gasteiger partial charge in [0, 0.05) is 5.56 Å². The van der Waals surface area contributed by atoms with Crippen LogP contribution in [0, 0.1) is 12.5 Å². The molecule has 0 bridgehead atoms. The van der Waals surface area contributed by atoms with Crippen molar-refractivity contribution in [3.8, 4) is 0 Å². The lowest BCUT2D eigenvalue weighted by Crippen LogP contribution is -2.01. The fraction of sp³-hybridized carbons (Fsp3) is 0.125. The predicted molar refractivity (Wildman–Crippen MR) is 47.1 cm³/mol. The lowest BCUT2D eigenvalue weighted by Gasteiger charge is -2.00. The van der Waals surface area contributed by atoms with Crippen LogP contribution in [0.4, 0.5) is 0 Å². The number of amidine groups is 1. The number of nitrogens with two attached hydrogens (primary N) is 1. The van der Waals surface area contributed by atoms with E-state index in [0.717, 1.165) is 11.1 Å². The summed E-state index contributed by atoms with van der Waals surface area (Å²) in [6.45, 7) is 1.92. The van der Waals surface area contributed by atoms with Gasteiger partial charge in [0.25, 0.3) is 0 Å². The van der Waals surface area contributed by atoms with Crippen molar-refractivity contribution in [3.63, 3.8) is 0 Å². The molecule has 0 amide bonds. The van der Waals surface area contributed by atoms with E-state index in [1.165, 1.54) is 0 Å². The summed E-state index contributed by atoms with van der Waals surface area (Å²) >= 11 is 0. The van der Waals surface area contributed by atoms with Crippen LogP contribution in [0.25, 0.3) is 0 Å². The molecule has 62 valence electrons. The molecule has 12 heavy (non-hydrogen) atoms. The molecular weight excluding hydrogens is 152 g/mol. The summed E-state index contributed by atoms with van der Waals surface area (Å²) in [6, 6.07) is 7.53. The van der Waals surface area contributed by atoms with Gasteiger partial charge in [-0.3, -0.25) is 0 Å². The van der Waals surface area contributed by atoms with Crippen LogP contribution in [0.15, 0.2) is 34.5 Å². The third-order valence-corrected chi connectivity index (χ3v) is 1.61. The Morgan fingerprint density at radius 2 is 2.08 bits per heavy atom. The van der Waals surface area contributed by atoms with Gasteiger partial charge in [-0.1, -0.05) is 24.3 Å². The maximum absolute atomic E-state index is 6.81. The van der Waals surface area contributed by atoms with Gasteiger partial charge in [0.2, 0.25) is 0 Å². The smallest absolute Gasteiger partial charge is 0.200 e. The quantitative estimate of drug-likeness (QED) is 0.213. The van der Waals surface area contributed by atoms with Gasteiger partial charge >= 0.3 is 0 Å². The van der Waals surface area contributed by atoms with Crippen molar-refractivity contribution in [1.29, 1.82) is 5.53 Å². The number of rotatable bonds is 1. The first-order chi connectivity index (χ1) is 5.79. The highest BCUT2D eigenvalue weighted by molar-refractivity contribution is 5.99. The summed E-state index contributed by atoms with van der Waals surface area (Å²) in [6.07, 6.45) is 0. The molecule has 0 atom stereocenters. The van der Waals surface area contributed by atoms with Crippen LogP contribution in [0.3, 0.4) is 0 Å². The molecule has 0 aliphatic rings. The molecule has 0 aromatic heterocycles. The molecule has 0 saturated heterocycles. The van der Waals surface area contributed by atoms with Gasteiger partial charge in [0.05, 0.1) is 0 Å². The van der Waals surface area contributed by atoms with E-state index in [0.29, 0.717) is 0 Å². The number of hydrogen-bond acceptors (Lipinski definition) is 3. The summed E-state index contributed by atoms with van der Waals surface area (Å²) < 4.78 is 0. The minimum atomic E-state index is 0.258. The number of hydrazone groups is 1. The average molecular weight is 162 g/mol. The molecule has 1 aromatic rings.